The lowest BCUT2D eigenvalue weighted by Crippen LogP contribution is -2.18. The molecule has 0 fully saturated rings. The van der Waals surface area contributed by atoms with Crippen molar-refractivity contribution in [2.45, 2.75) is 26.2 Å². The van der Waals surface area contributed by atoms with Crippen molar-refractivity contribution in [1.29, 1.82) is 0 Å². The quantitative estimate of drug-likeness (QED) is 0.879. The standard InChI is InChI=1S/C13H15BrN4/c1-13(2,3)11-16-10(17-12(15)18-11)8-4-6-9(14)7-5-8/h4-7H,1-3H3,(H2,15,16,17,18). The van der Waals surface area contributed by atoms with E-state index in [1.165, 1.54) is 0 Å². The number of nitrogens with zero attached hydrogens (tertiary/aromatic N) is 3. The van der Waals surface area contributed by atoms with Crippen LogP contribution in [0.15, 0.2) is 28.7 Å². The molecule has 0 aliphatic heterocycles. The first kappa shape index (κ1) is 13.0. The van der Waals surface area contributed by atoms with Gasteiger partial charge in [0, 0.05) is 15.5 Å². The number of rotatable bonds is 1. The minimum Gasteiger partial charge on any atom is -0.368 e. The highest BCUT2D eigenvalue weighted by molar-refractivity contribution is 9.10. The summed E-state index contributed by atoms with van der Waals surface area (Å²) >= 11 is 3.40. The number of halogens is 1. The summed E-state index contributed by atoms with van der Waals surface area (Å²) in [7, 11) is 0. The first-order chi connectivity index (χ1) is 8.36. The summed E-state index contributed by atoms with van der Waals surface area (Å²) in [6.45, 7) is 6.15. The van der Waals surface area contributed by atoms with Gasteiger partial charge in [-0.05, 0) is 12.1 Å². The van der Waals surface area contributed by atoms with Crippen molar-refractivity contribution in [2.24, 2.45) is 0 Å². The van der Waals surface area contributed by atoms with E-state index in [2.05, 4.69) is 30.9 Å². The maximum atomic E-state index is 5.75. The minimum absolute atomic E-state index is 0.152. The summed E-state index contributed by atoms with van der Waals surface area (Å²) < 4.78 is 1.02. The Labute approximate surface area is 115 Å². The Balaban J connectivity index is 2.52. The number of nitrogens with two attached hydrogens (primary N) is 1. The Hall–Kier alpha value is -1.49. The van der Waals surface area contributed by atoms with Crippen LogP contribution >= 0.6 is 15.9 Å². The molecule has 0 amide bonds. The predicted molar refractivity (Wildman–Crippen MR) is 76.1 cm³/mol. The molecule has 2 rings (SSSR count). The van der Waals surface area contributed by atoms with Gasteiger partial charge in [-0.15, -0.1) is 0 Å². The third kappa shape index (κ3) is 2.85. The second kappa shape index (κ2) is 4.65. The van der Waals surface area contributed by atoms with Gasteiger partial charge in [0.1, 0.15) is 5.82 Å². The van der Waals surface area contributed by atoms with Crippen LogP contribution in [0.4, 0.5) is 5.95 Å². The lowest BCUT2D eigenvalue weighted by atomic mass is 9.96. The fourth-order valence-electron chi connectivity index (χ4n) is 1.46. The molecule has 0 unspecified atom stereocenters. The van der Waals surface area contributed by atoms with Crippen LogP contribution in [0.1, 0.15) is 26.6 Å². The zero-order chi connectivity index (χ0) is 13.3. The summed E-state index contributed by atoms with van der Waals surface area (Å²) in [6.07, 6.45) is 0. The van der Waals surface area contributed by atoms with Gasteiger partial charge in [-0.3, -0.25) is 0 Å². The zero-order valence-electron chi connectivity index (χ0n) is 10.6. The lowest BCUT2D eigenvalue weighted by Gasteiger charge is -2.17. The smallest absolute Gasteiger partial charge is 0.223 e. The Bertz CT molecular complexity index is 558. The summed E-state index contributed by atoms with van der Waals surface area (Å²) in [4.78, 5) is 12.9. The molecule has 1 aromatic carbocycles. The summed E-state index contributed by atoms with van der Waals surface area (Å²) in [5.74, 6) is 1.57. The number of nitrogen functional groups attached to an aromatic ring is 1. The average Bonchev–Trinajstić information content (AvgIpc) is 2.28. The van der Waals surface area contributed by atoms with Gasteiger partial charge in [0.25, 0.3) is 0 Å². The van der Waals surface area contributed by atoms with Gasteiger partial charge in [-0.2, -0.15) is 9.97 Å². The number of hydrogen-bond donors (Lipinski definition) is 1. The van der Waals surface area contributed by atoms with Crippen LogP contribution in [-0.2, 0) is 5.41 Å². The number of hydrogen-bond acceptors (Lipinski definition) is 4. The molecule has 1 heterocycles. The molecule has 0 spiro atoms. The highest BCUT2D eigenvalue weighted by atomic mass is 79.9. The normalized spacial score (nSPS) is 11.6. The Morgan fingerprint density at radius 2 is 1.61 bits per heavy atom. The second-order valence-electron chi connectivity index (χ2n) is 5.10. The predicted octanol–water partition coefficient (Wildman–Crippen LogP) is 3.18. The summed E-state index contributed by atoms with van der Waals surface area (Å²) in [5, 5.41) is 0. The van der Waals surface area contributed by atoms with Gasteiger partial charge in [-0.1, -0.05) is 48.8 Å². The van der Waals surface area contributed by atoms with Gasteiger partial charge >= 0.3 is 0 Å². The molecular formula is C13H15BrN4. The Morgan fingerprint density at radius 1 is 1.00 bits per heavy atom. The number of benzene rings is 1. The molecule has 0 radical (unpaired) electrons. The zero-order valence-corrected chi connectivity index (χ0v) is 12.2. The van der Waals surface area contributed by atoms with Crippen molar-refractivity contribution in [3.05, 3.63) is 34.6 Å². The largest absolute Gasteiger partial charge is 0.368 e. The van der Waals surface area contributed by atoms with Crippen LogP contribution in [0.25, 0.3) is 11.4 Å². The molecule has 5 heteroatoms. The highest BCUT2D eigenvalue weighted by Crippen LogP contribution is 2.23. The molecule has 18 heavy (non-hydrogen) atoms. The van der Waals surface area contributed by atoms with Crippen LogP contribution in [0.2, 0.25) is 0 Å². The second-order valence-corrected chi connectivity index (χ2v) is 6.01. The average molecular weight is 307 g/mol. The number of aromatic nitrogens is 3. The van der Waals surface area contributed by atoms with Gasteiger partial charge in [0.15, 0.2) is 5.82 Å². The molecule has 2 aromatic rings. The van der Waals surface area contributed by atoms with Crippen LogP contribution < -0.4 is 5.73 Å². The van der Waals surface area contributed by atoms with Gasteiger partial charge in [0.05, 0.1) is 0 Å². The monoisotopic (exact) mass is 306 g/mol. The maximum Gasteiger partial charge on any atom is 0.223 e. The van der Waals surface area contributed by atoms with Crippen LogP contribution in [-0.4, -0.2) is 15.0 Å². The Morgan fingerprint density at radius 3 is 2.17 bits per heavy atom. The third-order valence-electron chi connectivity index (χ3n) is 2.43. The fraction of sp³-hybridized carbons (Fsp3) is 0.308. The molecule has 0 aliphatic carbocycles. The minimum atomic E-state index is -0.152. The van der Waals surface area contributed by atoms with E-state index in [0.717, 1.165) is 10.0 Å². The first-order valence-corrected chi connectivity index (χ1v) is 6.43. The van der Waals surface area contributed by atoms with E-state index in [1.807, 2.05) is 45.0 Å². The van der Waals surface area contributed by atoms with Crippen molar-refractivity contribution >= 4 is 21.9 Å². The Kier molecular flexibility index (Phi) is 3.34. The molecule has 0 saturated carbocycles. The highest BCUT2D eigenvalue weighted by Gasteiger charge is 2.19. The van der Waals surface area contributed by atoms with Gasteiger partial charge in [0.2, 0.25) is 5.95 Å². The van der Waals surface area contributed by atoms with E-state index in [1.54, 1.807) is 0 Å². The molecular weight excluding hydrogens is 292 g/mol. The molecule has 1 aromatic heterocycles. The molecule has 2 N–H and O–H groups in total. The SMILES string of the molecule is CC(C)(C)c1nc(N)nc(-c2ccc(Br)cc2)n1. The van der Waals surface area contributed by atoms with Crippen LogP contribution in [0.3, 0.4) is 0 Å². The van der Waals surface area contributed by atoms with E-state index < -0.39 is 0 Å². The lowest BCUT2D eigenvalue weighted by molar-refractivity contribution is 0.544. The maximum absolute atomic E-state index is 5.75. The topological polar surface area (TPSA) is 64.7 Å². The molecule has 0 saturated heterocycles. The van der Waals surface area contributed by atoms with Crippen molar-refractivity contribution < 1.29 is 0 Å². The molecule has 0 bridgehead atoms. The van der Waals surface area contributed by atoms with Gasteiger partial charge < -0.3 is 5.73 Å². The molecule has 94 valence electrons. The van der Waals surface area contributed by atoms with Gasteiger partial charge in [-0.25, -0.2) is 4.98 Å². The fourth-order valence-corrected chi connectivity index (χ4v) is 1.72. The van der Waals surface area contributed by atoms with Crippen molar-refractivity contribution in [3.63, 3.8) is 0 Å². The summed E-state index contributed by atoms with van der Waals surface area (Å²) in [5.41, 5.74) is 6.53. The van der Waals surface area contributed by atoms with E-state index in [9.17, 15) is 0 Å². The van der Waals surface area contributed by atoms with Crippen LogP contribution in [0.5, 0.6) is 0 Å². The number of anilines is 1. The van der Waals surface area contributed by atoms with E-state index >= 15 is 0 Å². The van der Waals surface area contributed by atoms with Crippen molar-refractivity contribution in [3.8, 4) is 11.4 Å². The van der Waals surface area contributed by atoms with E-state index in [-0.39, 0.29) is 11.4 Å². The van der Waals surface area contributed by atoms with E-state index in [0.29, 0.717) is 11.6 Å². The molecule has 0 atom stereocenters. The molecule has 0 aliphatic rings. The van der Waals surface area contributed by atoms with Crippen molar-refractivity contribution in [2.75, 3.05) is 5.73 Å². The van der Waals surface area contributed by atoms with Crippen molar-refractivity contribution in [1.82, 2.24) is 15.0 Å². The summed E-state index contributed by atoms with van der Waals surface area (Å²) in [6, 6.07) is 7.80. The first-order valence-electron chi connectivity index (χ1n) is 5.64. The molecule has 4 nitrogen and oxygen atoms in total. The third-order valence-corrected chi connectivity index (χ3v) is 2.95. The van der Waals surface area contributed by atoms with E-state index in [4.69, 9.17) is 5.73 Å². The van der Waals surface area contributed by atoms with Crippen LogP contribution in [0, 0.1) is 0 Å².